The molecule has 0 radical (unpaired) electrons. The standard InChI is InChI=1S/C26H37NO6/c1-18(28)24-26(31)25(30)22(29)16-27(24)14-6-3-7-15-33-17-19-10-12-20(13-11-19)21-8-4-5-9-23(21)32-2/h4-5,8-13,18,22,24-26,28-31H,3,6-7,14-17H2,1-2H3/t18-,22+,24+,25-,26-/m1/s1. The van der Waals surface area contributed by atoms with E-state index in [1.807, 2.05) is 29.2 Å². The number of para-hydroxylation sites is 1. The molecule has 0 saturated carbocycles. The van der Waals surface area contributed by atoms with Gasteiger partial charge in [-0.1, -0.05) is 42.5 Å². The second kappa shape index (κ2) is 12.5. The fourth-order valence-electron chi connectivity index (χ4n) is 4.50. The third-order valence-corrected chi connectivity index (χ3v) is 6.31. The first kappa shape index (κ1) is 25.6. The third-order valence-electron chi connectivity index (χ3n) is 6.31. The normalized spacial score (nSPS) is 24.5. The zero-order valence-electron chi connectivity index (χ0n) is 19.5. The first-order valence-corrected chi connectivity index (χ1v) is 11.7. The average Bonchev–Trinajstić information content (AvgIpc) is 2.82. The summed E-state index contributed by atoms with van der Waals surface area (Å²) in [6.45, 7) is 3.69. The minimum absolute atomic E-state index is 0.245. The highest BCUT2D eigenvalue weighted by Gasteiger charge is 2.43. The Balaban J connectivity index is 1.36. The number of aliphatic hydroxyl groups excluding tert-OH is 4. The van der Waals surface area contributed by atoms with E-state index < -0.39 is 30.5 Å². The van der Waals surface area contributed by atoms with Gasteiger partial charge in [-0.05, 0) is 49.9 Å². The minimum Gasteiger partial charge on any atom is -0.496 e. The topological polar surface area (TPSA) is 103 Å². The summed E-state index contributed by atoms with van der Waals surface area (Å²) in [5.41, 5.74) is 3.28. The maximum atomic E-state index is 10.2. The van der Waals surface area contributed by atoms with E-state index in [4.69, 9.17) is 9.47 Å². The number of methoxy groups -OCH3 is 1. The Morgan fingerprint density at radius 2 is 1.70 bits per heavy atom. The molecule has 0 bridgehead atoms. The lowest BCUT2D eigenvalue weighted by Crippen LogP contribution is -2.64. The zero-order chi connectivity index (χ0) is 23.8. The Morgan fingerprint density at radius 1 is 0.970 bits per heavy atom. The Hall–Kier alpha value is -2.00. The number of likely N-dealkylation sites (tertiary alicyclic amines) is 1. The molecule has 1 heterocycles. The Labute approximate surface area is 196 Å². The lowest BCUT2D eigenvalue weighted by molar-refractivity contribution is -0.157. The summed E-state index contributed by atoms with van der Waals surface area (Å²) < 4.78 is 11.3. The van der Waals surface area contributed by atoms with E-state index in [0.717, 1.165) is 41.7 Å². The summed E-state index contributed by atoms with van der Waals surface area (Å²) in [5.74, 6) is 0.853. The molecule has 0 unspecified atom stereocenters. The number of unbranched alkanes of at least 4 members (excludes halogenated alkanes) is 2. The molecule has 4 N–H and O–H groups in total. The molecule has 182 valence electrons. The van der Waals surface area contributed by atoms with Crippen LogP contribution in [0.2, 0.25) is 0 Å². The predicted molar refractivity (Wildman–Crippen MR) is 127 cm³/mol. The van der Waals surface area contributed by atoms with Crippen molar-refractivity contribution in [3.05, 3.63) is 54.1 Å². The van der Waals surface area contributed by atoms with Gasteiger partial charge in [0, 0.05) is 18.7 Å². The van der Waals surface area contributed by atoms with E-state index in [1.54, 1.807) is 14.0 Å². The van der Waals surface area contributed by atoms with E-state index in [-0.39, 0.29) is 6.54 Å². The van der Waals surface area contributed by atoms with Crippen molar-refractivity contribution in [2.45, 2.75) is 63.3 Å². The van der Waals surface area contributed by atoms with Crippen molar-refractivity contribution >= 4 is 0 Å². The summed E-state index contributed by atoms with van der Waals surface area (Å²) in [7, 11) is 1.68. The van der Waals surface area contributed by atoms with Crippen molar-refractivity contribution in [3.63, 3.8) is 0 Å². The van der Waals surface area contributed by atoms with Crippen LogP contribution in [0.15, 0.2) is 48.5 Å². The highest BCUT2D eigenvalue weighted by atomic mass is 16.5. The molecule has 33 heavy (non-hydrogen) atoms. The van der Waals surface area contributed by atoms with Crippen LogP contribution < -0.4 is 4.74 Å². The van der Waals surface area contributed by atoms with Gasteiger partial charge in [-0.3, -0.25) is 4.90 Å². The highest BCUT2D eigenvalue weighted by molar-refractivity contribution is 5.70. The molecule has 0 amide bonds. The largest absolute Gasteiger partial charge is 0.496 e. The molecule has 0 spiro atoms. The number of ether oxygens (including phenoxy) is 2. The summed E-state index contributed by atoms with van der Waals surface area (Å²) in [6.07, 6.45) is -1.49. The lowest BCUT2D eigenvalue weighted by atomic mass is 9.90. The molecule has 2 aromatic carbocycles. The number of nitrogens with zero attached hydrogens (tertiary/aromatic N) is 1. The van der Waals surface area contributed by atoms with E-state index in [2.05, 4.69) is 24.3 Å². The Morgan fingerprint density at radius 3 is 2.39 bits per heavy atom. The fourth-order valence-corrected chi connectivity index (χ4v) is 4.50. The summed E-state index contributed by atoms with van der Waals surface area (Å²) in [4.78, 5) is 1.87. The van der Waals surface area contributed by atoms with Gasteiger partial charge < -0.3 is 29.9 Å². The van der Waals surface area contributed by atoms with Gasteiger partial charge in [-0.15, -0.1) is 0 Å². The molecule has 2 aromatic rings. The van der Waals surface area contributed by atoms with Crippen molar-refractivity contribution in [1.82, 2.24) is 4.90 Å². The number of hydrogen-bond acceptors (Lipinski definition) is 7. The van der Waals surface area contributed by atoms with E-state index in [0.29, 0.717) is 19.8 Å². The van der Waals surface area contributed by atoms with Crippen molar-refractivity contribution in [2.75, 3.05) is 26.8 Å². The lowest BCUT2D eigenvalue weighted by Gasteiger charge is -2.45. The predicted octanol–water partition coefficient (Wildman–Crippen LogP) is 2.20. The van der Waals surface area contributed by atoms with Gasteiger partial charge in [0.05, 0.1) is 32.0 Å². The van der Waals surface area contributed by atoms with Crippen molar-refractivity contribution in [3.8, 4) is 16.9 Å². The molecule has 7 nitrogen and oxygen atoms in total. The van der Waals surface area contributed by atoms with Gasteiger partial charge in [-0.2, -0.15) is 0 Å². The van der Waals surface area contributed by atoms with Crippen LogP contribution in [0, 0.1) is 0 Å². The molecular formula is C26H37NO6. The third kappa shape index (κ3) is 6.76. The van der Waals surface area contributed by atoms with Crippen LogP contribution in [0.4, 0.5) is 0 Å². The van der Waals surface area contributed by atoms with Crippen LogP contribution in [-0.4, -0.2) is 82.6 Å². The van der Waals surface area contributed by atoms with Gasteiger partial charge >= 0.3 is 0 Å². The molecular weight excluding hydrogens is 422 g/mol. The van der Waals surface area contributed by atoms with Gasteiger partial charge in [0.1, 0.15) is 18.0 Å². The van der Waals surface area contributed by atoms with Crippen LogP contribution >= 0.6 is 0 Å². The second-order valence-corrected chi connectivity index (χ2v) is 8.79. The molecule has 3 rings (SSSR count). The summed E-state index contributed by atoms with van der Waals surface area (Å²) in [5, 5.41) is 40.0. The number of piperidine rings is 1. The first-order chi connectivity index (χ1) is 15.9. The minimum atomic E-state index is -1.22. The van der Waals surface area contributed by atoms with E-state index >= 15 is 0 Å². The van der Waals surface area contributed by atoms with Crippen molar-refractivity contribution < 1.29 is 29.9 Å². The second-order valence-electron chi connectivity index (χ2n) is 8.79. The quantitative estimate of drug-likeness (QED) is 0.382. The SMILES string of the molecule is COc1ccccc1-c1ccc(COCCCCCN2C[C@H](O)[C@@H](O)[C@H](O)[C@@H]2[C@@H](C)O)cc1. The maximum absolute atomic E-state index is 10.2. The molecule has 1 fully saturated rings. The van der Waals surface area contributed by atoms with Gasteiger partial charge in [0.2, 0.25) is 0 Å². The Kier molecular flexibility index (Phi) is 9.67. The van der Waals surface area contributed by atoms with E-state index in [9.17, 15) is 20.4 Å². The molecule has 1 aliphatic heterocycles. The number of benzene rings is 2. The number of hydrogen-bond donors (Lipinski definition) is 4. The van der Waals surface area contributed by atoms with Crippen molar-refractivity contribution in [1.29, 1.82) is 0 Å². The number of rotatable bonds is 11. The van der Waals surface area contributed by atoms with Gasteiger partial charge in [-0.25, -0.2) is 0 Å². The Bertz CT molecular complexity index is 843. The molecule has 5 atom stereocenters. The smallest absolute Gasteiger partial charge is 0.126 e. The molecule has 0 aromatic heterocycles. The fraction of sp³-hybridized carbons (Fsp3) is 0.538. The molecule has 7 heteroatoms. The summed E-state index contributed by atoms with van der Waals surface area (Å²) in [6, 6.07) is 15.7. The average molecular weight is 460 g/mol. The maximum Gasteiger partial charge on any atom is 0.126 e. The zero-order valence-corrected chi connectivity index (χ0v) is 19.5. The number of β-amino-alcohol motifs (C(OH)–C–C–N with tert-alkyl or cyclic N) is 1. The van der Waals surface area contributed by atoms with Crippen molar-refractivity contribution in [2.24, 2.45) is 0 Å². The summed E-state index contributed by atoms with van der Waals surface area (Å²) >= 11 is 0. The van der Waals surface area contributed by atoms with Gasteiger partial charge in [0.25, 0.3) is 0 Å². The van der Waals surface area contributed by atoms with Gasteiger partial charge in [0.15, 0.2) is 0 Å². The van der Waals surface area contributed by atoms with Crippen LogP contribution in [0.3, 0.4) is 0 Å². The molecule has 0 aliphatic carbocycles. The van der Waals surface area contributed by atoms with Crippen LogP contribution in [0.5, 0.6) is 5.75 Å². The number of aliphatic hydroxyl groups is 4. The first-order valence-electron chi connectivity index (χ1n) is 11.7. The van der Waals surface area contributed by atoms with Crippen LogP contribution in [-0.2, 0) is 11.3 Å². The van der Waals surface area contributed by atoms with E-state index in [1.165, 1.54) is 0 Å². The van der Waals surface area contributed by atoms with Crippen LogP contribution in [0.1, 0.15) is 31.7 Å². The van der Waals surface area contributed by atoms with Crippen LogP contribution in [0.25, 0.3) is 11.1 Å². The molecule has 1 saturated heterocycles. The molecule has 1 aliphatic rings. The monoisotopic (exact) mass is 459 g/mol. The highest BCUT2D eigenvalue weighted by Crippen LogP contribution is 2.29.